The average molecular weight is 333 g/mol. The lowest BCUT2D eigenvalue weighted by molar-refractivity contribution is 1.22. The Kier molecular flexibility index (Phi) is 5.71. The second-order valence-corrected chi connectivity index (χ2v) is 6.22. The summed E-state index contributed by atoms with van der Waals surface area (Å²) in [6, 6.07) is 13.4. The molecule has 0 amide bonds. The highest BCUT2D eigenvalue weighted by Crippen LogP contribution is 2.28. The first kappa shape index (κ1) is 14.9. The summed E-state index contributed by atoms with van der Waals surface area (Å²) in [4.78, 5) is 1.11. The van der Waals surface area contributed by atoms with E-state index in [2.05, 4.69) is 5.32 Å². The molecular formula is C14H12Cl3NS. The molecule has 0 heterocycles. The van der Waals surface area contributed by atoms with Crippen LogP contribution >= 0.6 is 46.6 Å². The van der Waals surface area contributed by atoms with Crippen LogP contribution in [0.2, 0.25) is 15.1 Å². The van der Waals surface area contributed by atoms with Gasteiger partial charge in [-0.3, -0.25) is 0 Å². The summed E-state index contributed by atoms with van der Waals surface area (Å²) in [5, 5.41) is 5.21. The normalized spacial score (nSPS) is 10.5. The van der Waals surface area contributed by atoms with Gasteiger partial charge < -0.3 is 5.32 Å². The van der Waals surface area contributed by atoms with Crippen molar-refractivity contribution in [2.75, 3.05) is 17.6 Å². The maximum Gasteiger partial charge on any atom is 0.0637 e. The van der Waals surface area contributed by atoms with Gasteiger partial charge in [-0.25, -0.2) is 0 Å². The molecule has 0 aromatic heterocycles. The smallest absolute Gasteiger partial charge is 0.0637 e. The summed E-state index contributed by atoms with van der Waals surface area (Å²) in [7, 11) is 0. The second kappa shape index (κ2) is 7.30. The number of benzene rings is 2. The third kappa shape index (κ3) is 4.50. The standard InChI is InChI=1S/C14H12Cl3NS/c15-11-6-5-10(9-13(11)17)19-8-7-18-14-4-2-1-3-12(14)16/h1-6,9,18H,7-8H2. The molecular weight excluding hydrogens is 321 g/mol. The molecule has 0 saturated carbocycles. The molecule has 1 nitrogen and oxygen atoms in total. The van der Waals surface area contributed by atoms with E-state index in [1.807, 2.05) is 42.5 Å². The minimum absolute atomic E-state index is 0.584. The van der Waals surface area contributed by atoms with Crippen LogP contribution in [-0.4, -0.2) is 12.3 Å². The maximum absolute atomic E-state index is 6.06. The fourth-order valence-electron chi connectivity index (χ4n) is 1.53. The van der Waals surface area contributed by atoms with Gasteiger partial charge in [0.1, 0.15) is 0 Å². The number of rotatable bonds is 5. The Morgan fingerprint density at radius 3 is 2.42 bits per heavy atom. The highest BCUT2D eigenvalue weighted by molar-refractivity contribution is 7.99. The lowest BCUT2D eigenvalue weighted by Crippen LogP contribution is -2.04. The quantitative estimate of drug-likeness (QED) is 0.544. The van der Waals surface area contributed by atoms with Gasteiger partial charge in [-0.15, -0.1) is 11.8 Å². The summed E-state index contributed by atoms with van der Waals surface area (Å²) < 4.78 is 0. The Morgan fingerprint density at radius 2 is 1.68 bits per heavy atom. The van der Waals surface area contributed by atoms with Gasteiger partial charge in [0.15, 0.2) is 0 Å². The van der Waals surface area contributed by atoms with Gasteiger partial charge in [-0.2, -0.15) is 0 Å². The third-order valence-electron chi connectivity index (χ3n) is 2.45. The molecule has 0 aliphatic carbocycles. The Bertz CT molecular complexity index is 560. The molecule has 0 saturated heterocycles. The van der Waals surface area contributed by atoms with Gasteiger partial charge >= 0.3 is 0 Å². The Morgan fingerprint density at radius 1 is 0.895 bits per heavy atom. The highest BCUT2D eigenvalue weighted by atomic mass is 35.5. The van der Waals surface area contributed by atoms with Crippen LogP contribution < -0.4 is 5.32 Å². The Labute approximate surface area is 132 Å². The number of thioether (sulfide) groups is 1. The van der Waals surface area contributed by atoms with Crippen LogP contribution in [0.25, 0.3) is 0 Å². The second-order valence-electron chi connectivity index (χ2n) is 3.83. The molecule has 2 rings (SSSR count). The topological polar surface area (TPSA) is 12.0 Å². The van der Waals surface area contributed by atoms with Crippen LogP contribution in [0.1, 0.15) is 0 Å². The highest BCUT2D eigenvalue weighted by Gasteiger charge is 2.01. The zero-order chi connectivity index (χ0) is 13.7. The first-order chi connectivity index (χ1) is 9.16. The summed E-state index contributed by atoms with van der Waals surface area (Å²) in [5.74, 6) is 0.920. The first-order valence-corrected chi connectivity index (χ1v) is 7.85. The Balaban J connectivity index is 1.81. The van der Waals surface area contributed by atoms with Crippen LogP contribution in [0.3, 0.4) is 0 Å². The van der Waals surface area contributed by atoms with E-state index in [9.17, 15) is 0 Å². The third-order valence-corrected chi connectivity index (χ3v) is 4.52. The van der Waals surface area contributed by atoms with E-state index < -0.39 is 0 Å². The van der Waals surface area contributed by atoms with Gasteiger partial charge in [-0.05, 0) is 30.3 Å². The minimum Gasteiger partial charge on any atom is -0.383 e. The molecule has 2 aromatic carbocycles. The lowest BCUT2D eigenvalue weighted by atomic mass is 10.3. The first-order valence-electron chi connectivity index (χ1n) is 5.73. The van der Waals surface area contributed by atoms with Crippen molar-refractivity contribution in [2.45, 2.75) is 4.90 Å². The van der Waals surface area contributed by atoms with Crippen molar-refractivity contribution in [1.82, 2.24) is 0 Å². The molecule has 0 unspecified atom stereocenters. The maximum atomic E-state index is 6.06. The minimum atomic E-state index is 0.584. The van der Waals surface area contributed by atoms with Crippen LogP contribution in [0, 0.1) is 0 Å². The molecule has 0 fully saturated rings. The van der Waals surface area contributed by atoms with Gasteiger partial charge in [0, 0.05) is 17.2 Å². The van der Waals surface area contributed by atoms with Gasteiger partial charge in [0.05, 0.1) is 20.8 Å². The molecule has 0 aliphatic rings. The summed E-state index contributed by atoms with van der Waals surface area (Å²) in [5.41, 5.74) is 0.957. The van der Waals surface area contributed by atoms with Crippen molar-refractivity contribution < 1.29 is 0 Å². The SMILES string of the molecule is Clc1ccc(SCCNc2ccccc2Cl)cc1Cl. The monoisotopic (exact) mass is 331 g/mol. The molecule has 0 radical (unpaired) electrons. The number of halogens is 3. The molecule has 2 aromatic rings. The van der Waals surface area contributed by atoms with Gasteiger partial charge in [0.25, 0.3) is 0 Å². The molecule has 0 spiro atoms. The molecule has 0 bridgehead atoms. The fourth-order valence-corrected chi connectivity index (χ4v) is 2.90. The van der Waals surface area contributed by atoms with Crippen molar-refractivity contribution in [1.29, 1.82) is 0 Å². The van der Waals surface area contributed by atoms with E-state index in [0.717, 1.165) is 27.9 Å². The summed E-state index contributed by atoms with van der Waals surface area (Å²) in [6.45, 7) is 0.828. The average Bonchev–Trinajstić information content (AvgIpc) is 2.40. The fraction of sp³-hybridized carbons (Fsp3) is 0.143. The molecule has 19 heavy (non-hydrogen) atoms. The summed E-state index contributed by atoms with van der Waals surface area (Å²) >= 11 is 19.6. The lowest BCUT2D eigenvalue weighted by Gasteiger charge is -2.08. The zero-order valence-electron chi connectivity index (χ0n) is 10.00. The molecule has 5 heteroatoms. The van der Waals surface area contributed by atoms with Gasteiger partial charge in [0.2, 0.25) is 0 Å². The van der Waals surface area contributed by atoms with E-state index in [-0.39, 0.29) is 0 Å². The van der Waals surface area contributed by atoms with Crippen molar-refractivity contribution >= 4 is 52.3 Å². The number of nitrogens with one attached hydrogen (secondary N) is 1. The predicted octanol–water partition coefficient (Wildman–Crippen LogP) is 5.85. The number of anilines is 1. The van der Waals surface area contributed by atoms with Crippen LogP contribution in [0.5, 0.6) is 0 Å². The number of hydrogen-bond donors (Lipinski definition) is 1. The largest absolute Gasteiger partial charge is 0.383 e. The Hall–Kier alpha value is -0.540. The van der Waals surface area contributed by atoms with Crippen molar-refractivity contribution in [3.8, 4) is 0 Å². The number of para-hydroxylation sites is 1. The predicted molar refractivity (Wildman–Crippen MR) is 87.1 cm³/mol. The van der Waals surface area contributed by atoms with Crippen LogP contribution in [0.4, 0.5) is 5.69 Å². The van der Waals surface area contributed by atoms with E-state index in [4.69, 9.17) is 34.8 Å². The van der Waals surface area contributed by atoms with E-state index in [1.54, 1.807) is 11.8 Å². The van der Waals surface area contributed by atoms with E-state index in [0.29, 0.717) is 10.0 Å². The van der Waals surface area contributed by atoms with E-state index >= 15 is 0 Å². The summed E-state index contributed by atoms with van der Waals surface area (Å²) in [6.07, 6.45) is 0. The molecule has 100 valence electrons. The zero-order valence-corrected chi connectivity index (χ0v) is 13.1. The van der Waals surface area contributed by atoms with Crippen molar-refractivity contribution in [3.05, 3.63) is 57.5 Å². The van der Waals surface area contributed by atoms with Gasteiger partial charge in [-0.1, -0.05) is 46.9 Å². The van der Waals surface area contributed by atoms with E-state index in [1.165, 1.54) is 0 Å². The molecule has 0 aliphatic heterocycles. The molecule has 1 N–H and O–H groups in total. The number of hydrogen-bond acceptors (Lipinski definition) is 2. The van der Waals surface area contributed by atoms with Crippen molar-refractivity contribution in [2.24, 2.45) is 0 Å². The van der Waals surface area contributed by atoms with Crippen molar-refractivity contribution in [3.63, 3.8) is 0 Å². The van der Waals surface area contributed by atoms with Crippen LogP contribution in [-0.2, 0) is 0 Å². The van der Waals surface area contributed by atoms with Crippen LogP contribution in [0.15, 0.2) is 47.4 Å². The molecule has 0 atom stereocenters.